The molecule has 1 amide bonds. The molecule has 7 nitrogen and oxygen atoms in total. The number of nitrogens with zero attached hydrogens (tertiary/aromatic N) is 2. The summed E-state index contributed by atoms with van der Waals surface area (Å²) in [5.74, 6) is 3.34. The van der Waals surface area contributed by atoms with Gasteiger partial charge in [0.1, 0.15) is 17.2 Å². The lowest BCUT2D eigenvalue weighted by atomic mass is 9.98. The maximum atomic E-state index is 12.3. The molecule has 1 atom stereocenters. The maximum absolute atomic E-state index is 12.3. The summed E-state index contributed by atoms with van der Waals surface area (Å²) in [6.07, 6.45) is 0.591. The van der Waals surface area contributed by atoms with Crippen molar-refractivity contribution < 1.29 is 23.7 Å². The standard InChI is InChI=1S/C26H26N2O5/c1-17(29)28-24(16-23(27-28)19-7-14-25(31-3)26(15-19)32-4)18-5-8-21(9-6-18)33-22-12-10-20(30-2)11-13-22/h5-15,24H,16H2,1-4H3. The lowest BCUT2D eigenvalue weighted by Gasteiger charge is -2.20. The van der Waals surface area contributed by atoms with Gasteiger partial charge in [-0.25, -0.2) is 5.01 Å². The number of hydrogen-bond donors (Lipinski definition) is 0. The van der Waals surface area contributed by atoms with Crippen LogP contribution in [0.2, 0.25) is 0 Å². The molecule has 7 heteroatoms. The van der Waals surface area contributed by atoms with Gasteiger partial charge >= 0.3 is 0 Å². The molecule has 0 bridgehead atoms. The summed E-state index contributed by atoms with van der Waals surface area (Å²) in [7, 11) is 4.82. The van der Waals surface area contributed by atoms with Crippen LogP contribution < -0.4 is 18.9 Å². The fraction of sp³-hybridized carbons (Fsp3) is 0.231. The number of carbonyl (C=O) groups excluding carboxylic acids is 1. The minimum absolute atomic E-state index is 0.117. The van der Waals surface area contributed by atoms with Crippen molar-refractivity contribution in [2.75, 3.05) is 21.3 Å². The van der Waals surface area contributed by atoms with Gasteiger partial charge < -0.3 is 18.9 Å². The third-order valence-corrected chi connectivity index (χ3v) is 5.51. The summed E-state index contributed by atoms with van der Waals surface area (Å²) in [4.78, 5) is 12.3. The highest BCUT2D eigenvalue weighted by Crippen LogP contribution is 2.36. The number of hydrazone groups is 1. The molecule has 1 heterocycles. The molecule has 0 aliphatic carbocycles. The smallest absolute Gasteiger partial charge is 0.240 e. The third kappa shape index (κ3) is 4.77. The molecule has 1 aliphatic rings. The van der Waals surface area contributed by atoms with Crippen molar-refractivity contribution in [1.29, 1.82) is 0 Å². The van der Waals surface area contributed by atoms with Crippen LogP contribution in [0.4, 0.5) is 0 Å². The Morgan fingerprint density at radius 3 is 2.00 bits per heavy atom. The van der Waals surface area contributed by atoms with E-state index in [1.807, 2.05) is 66.7 Å². The Morgan fingerprint density at radius 2 is 1.42 bits per heavy atom. The maximum Gasteiger partial charge on any atom is 0.240 e. The number of methoxy groups -OCH3 is 3. The van der Waals surface area contributed by atoms with Crippen LogP contribution in [0.25, 0.3) is 0 Å². The van der Waals surface area contributed by atoms with Gasteiger partial charge in [-0.2, -0.15) is 5.10 Å². The SMILES string of the molecule is COc1ccc(Oc2ccc(C3CC(c4ccc(OC)c(OC)c4)=NN3C(C)=O)cc2)cc1. The van der Waals surface area contributed by atoms with E-state index >= 15 is 0 Å². The van der Waals surface area contributed by atoms with Crippen molar-refractivity contribution in [2.45, 2.75) is 19.4 Å². The van der Waals surface area contributed by atoms with E-state index in [1.54, 1.807) is 21.3 Å². The van der Waals surface area contributed by atoms with Gasteiger partial charge in [-0.15, -0.1) is 0 Å². The van der Waals surface area contributed by atoms with E-state index in [9.17, 15) is 4.79 Å². The summed E-state index contributed by atoms with van der Waals surface area (Å²) in [5, 5.41) is 6.15. The van der Waals surface area contributed by atoms with Crippen LogP contribution in [0.5, 0.6) is 28.7 Å². The number of rotatable bonds is 7. The van der Waals surface area contributed by atoms with Crippen molar-refractivity contribution in [1.82, 2.24) is 5.01 Å². The first-order chi connectivity index (χ1) is 16.0. The van der Waals surface area contributed by atoms with Gasteiger partial charge in [0.15, 0.2) is 11.5 Å². The van der Waals surface area contributed by atoms with Crippen molar-refractivity contribution in [3.8, 4) is 28.7 Å². The van der Waals surface area contributed by atoms with Gasteiger partial charge in [-0.3, -0.25) is 4.79 Å². The molecule has 1 unspecified atom stereocenters. The van der Waals surface area contributed by atoms with E-state index in [4.69, 9.17) is 18.9 Å². The first kappa shape index (κ1) is 22.2. The summed E-state index contributed by atoms with van der Waals surface area (Å²) in [6.45, 7) is 1.52. The number of amides is 1. The second-order valence-corrected chi connectivity index (χ2v) is 7.55. The molecule has 0 fully saturated rings. The van der Waals surface area contributed by atoms with Crippen LogP contribution in [0.1, 0.15) is 30.5 Å². The molecular weight excluding hydrogens is 420 g/mol. The molecule has 33 heavy (non-hydrogen) atoms. The number of ether oxygens (including phenoxy) is 4. The predicted molar refractivity (Wildman–Crippen MR) is 125 cm³/mol. The highest BCUT2D eigenvalue weighted by molar-refractivity contribution is 6.03. The van der Waals surface area contributed by atoms with Gasteiger partial charge in [0, 0.05) is 18.9 Å². The second-order valence-electron chi connectivity index (χ2n) is 7.55. The zero-order chi connectivity index (χ0) is 23.4. The average molecular weight is 447 g/mol. The largest absolute Gasteiger partial charge is 0.497 e. The van der Waals surface area contributed by atoms with Gasteiger partial charge in [0.05, 0.1) is 33.1 Å². The Hall–Kier alpha value is -4.00. The zero-order valence-corrected chi connectivity index (χ0v) is 19.1. The van der Waals surface area contributed by atoms with Gasteiger partial charge in [-0.05, 0) is 60.2 Å². The fourth-order valence-electron chi connectivity index (χ4n) is 3.79. The van der Waals surface area contributed by atoms with Gasteiger partial charge in [-0.1, -0.05) is 12.1 Å². The zero-order valence-electron chi connectivity index (χ0n) is 19.1. The van der Waals surface area contributed by atoms with Gasteiger partial charge in [0.25, 0.3) is 0 Å². The van der Waals surface area contributed by atoms with Crippen LogP contribution in [0.3, 0.4) is 0 Å². The molecule has 1 aliphatic heterocycles. The van der Waals surface area contributed by atoms with Crippen LogP contribution in [-0.2, 0) is 4.79 Å². The van der Waals surface area contributed by atoms with E-state index in [1.165, 1.54) is 11.9 Å². The fourth-order valence-corrected chi connectivity index (χ4v) is 3.79. The summed E-state index contributed by atoms with van der Waals surface area (Å²) in [5.41, 5.74) is 2.68. The molecule has 3 aromatic rings. The molecule has 0 saturated heterocycles. The predicted octanol–water partition coefficient (Wildman–Crippen LogP) is 5.20. The molecule has 0 saturated carbocycles. The normalized spacial score (nSPS) is 15.1. The van der Waals surface area contributed by atoms with Crippen LogP contribution >= 0.6 is 0 Å². The minimum Gasteiger partial charge on any atom is -0.497 e. The van der Waals surface area contributed by atoms with Crippen molar-refractivity contribution >= 4 is 11.6 Å². The molecular formula is C26H26N2O5. The molecule has 0 aromatic heterocycles. The lowest BCUT2D eigenvalue weighted by Crippen LogP contribution is -2.24. The molecule has 0 N–H and O–H groups in total. The van der Waals surface area contributed by atoms with Crippen LogP contribution in [0, 0.1) is 0 Å². The Kier molecular flexibility index (Phi) is 6.49. The quantitative estimate of drug-likeness (QED) is 0.499. The topological polar surface area (TPSA) is 69.6 Å². The average Bonchev–Trinajstić information content (AvgIpc) is 3.30. The number of benzene rings is 3. The summed E-state index contributed by atoms with van der Waals surface area (Å²) in [6, 6.07) is 20.6. The summed E-state index contributed by atoms with van der Waals surface area (Å²) < 4.78 is 21.8. The number of hydrogen-bond acceptors (Lipinski definition) is 6. The molecule has 170 valence electrons. The molecule has 3 aromatic carbocycles. The first-order valence-electron chi connectivity index (χ1n) is 10.5. The van der Waals surface area contributed by atoms with Gasteiger partial charge in [0.2, 0.25) is 5.91 Å². The van der Waals surface area contributed by atoms with Crippen molar-refractivity contribution in [3.05, 3.63) is 77.9 Å². The lowest BCUT2D eigenvalue weighted by molar-refractivity contribution is -0.130. The molecule has 4 rings (SSSR count). The molecule has 0 radical (unpaired) electrons. The Labute approximate surface area is 193 Å². The Balaban J connectivity index is 1.53. The van der Waals surface area contributed by atoms with E-state index in [0.29, 0.717) is 29.4 Å². The van der Waals surface area contributed by atoms with Crippen LogP contribution in [0.15, 0.2) is 71.8 Å². The van der Waals surface area contributed by atoms with E-state index in [2.05, 4.69) is 5.10 Å². The Morgan fingerprint density at radius 1 is 0.818 bits per heavy atom. The second kappa shape index (κ2) is 9.65. The first-order valence-corrected chi connectivity index (χ1v) is 10.5. The van der Waals surface area contributed by atoms with Crippen molar-refractivity contribution in [3.63, 3.8) is 0 Å². The van der Waals surface area contributed by atoms with Crippen molar-refractivity contribution in [2.24, 2.45) is 5.10 Å². The highest BCUT2D eigenvalue weighted by Gasteiger charge is 2.31. The Bertz CT molecular complexity index is 1160. The van der Waals surface area contributed by atoms with E-state index in [-0.39, 0.29) is 11.9 Å². The van der Waals surface area contributed by atoms with E-state index < -0.39 is 0 Å². The monoisotopic (exact) mass is 446 g/mol. The molecule has 0 spiro atoms. The van der Waals surface area contributed by atoms with E-state index in [0.717, 1.165) is 22.6 Å². The third-order valence-electron chi connectivity index (χ3n) is 5.51. The number of carbonyl (C=O) groups is 1. The van der Waals surface area contributed by atoms with Crippen LogP contribution in [-0.4, -0.2) is 38.0 Å². The summed E-state index contributed by atoms with van der Waals surface area (Å²) >= 11 is 0. The minimum atomic E-state index is -0.194. The highest BCUT2D eigenvalue weighted by atomic mass is 16.5.